The second-order valence-electron chi connectivity index (χ2n) is 8.25. The minimum absolute atomic E-state index is 0.0844. The van der Waals surface area contributed by atoms with E-state index >= 15 is 0 Å². The topological polar surface area (TPSA) is 67.4 Å². The lowest BCUT2D eigenvalue weighted by Gasteiger charge is -2.22. The molecule has 0 heterocycles. The van der Waals surface area contributed by atoms with Crippen molar-refractivity contribution in [1.82, 2.24) is 5.32 Å². The standard InChI is InChI=1S/C26H34N2O3/c1-2-3-4-10-18-31-24-17-9-8-16-23(24)26(30)28-22-15-11-12-20(19-22)25(29)27-21-13-6-5-7-14-21/h8-9,11-12,15-17,19,21H,2-7,10,13-14,18H2,1H3,(H,27,29)(H,28,30). The maximum Gasteiger partial charge on any atom is 0.259 e. The molecule has 0 spiro atoms. The summed E-state index contributed by atoms with van der Waals surface area (Å²) in [6.07, 6.45) is 10.1. The van der Waals surface area contributed by atoms with E-state index in [1.54, 1.807) is 30.3 Å². The maximum absolute atomic E-state index is 12.9. The van der Waals surface area contributed by atoms with E-state index in [4.69, 9.17) is 4.74 Å². The van der Waals surface area contributed by atoms with Gasteiger partial charge in [0, 0.05) is 17.3 Å². The van der Waals surface area contributed by atoms with Crippen molar-refractivity contribution < 1.29 is 14.3 Å². The molecule has 0 bridgehead atoms. The van der Waals surface area contributed by atoms with E-state index in [9.17, 15) is 9.59 Å². The van der Waals surface area contributed by atoms with Crippen LogP contribution in [0.4, 0.5) is 5.69 Å². The lowest BCUT2D eigenvalue weighted by Crippen LogP contribution is -2.36. The quantitative estimate of drug-likeness (QED) is 0.464. The fraction of sp³-hybridized carbons (Fsp3) is 0.462. The summed E-state index contributed by atoms with van der Waals surface area (Å²) >= 11 is 0. The molecule has 0 saturated heterocycles. The lowest BCUT2D eigenvalue weighted by molar-refractivity contribution is 0.0926. The molecule has 0 aromatic heterocycles. The molecule has 1 saturated carbocycles. The van der Waals surface area contributed by atoms with Crippen molar-refractivity contribution in [2.45, 2.75) is 70.8 Å². The van der Waals surface area contributed by atoms with Crippen LogP contribution in [0, 0.1) is 0 Å². The molecule has 2 amide bonds. The van der Waals surface area contributed by atoms with Crippen LogP contribution in [0.5, 0.6) is 5.75 Å². The van der Waals surface area contributed by atoms with Crippen molar-refractivity contribution in [3.63, 3.8) is 0 Å². The number of amides is 2. The van der Waals surface area contributed by atoms with Gasteiger partial charge in [0.2, 0.25) is 0 Å². The summed E-state index contributed by atoms with van der Waals surface area (Å²) in [6.45, 7) is 2.77. The highest BCUT2D eigenvalue weighted by Gasteiger charge is 2.17. The van der Waals surface area contributed by atoms with Crippen molar-refractivity contribution >= 4 is 17.5 Å². The third-order valence-corrected chi connectivity index (χ3v) is 5.71. The normalized spacial score (nSPS) is 14.1. The molecule has 1 aliphatic rings. The minimum atomic E-state index is -0.242. The molecule has 2 N–H and O–H groups in total. The van der Waals surface area contributed by atoms with E-state index < -0.39 is 0 Å². The molecule has 0 aliphatic heterocycles. The number of hydrogen-bond donors (Lipinski definition) is 2. The largest absolute Gasteiger partial charge is 0.493 e. The Morgan fingerprint density at radius 2 is 1.74 bits per heavy atom. The van der Waals surface area contributed by atoms with Crippen LogP contribution in [-0.2, 0) is 0 Å². The SMILES string of the molecule is CCCCCCOc1ccccc1C(=O)Nc1cccc(C(=O)NC2CCCCC2)c1. The molecule has 0 radical (unpaired) electrons. The molecule has 0 unspecified atom stereocenters. The Balaban J connectivity index is 1.60. The van der Waals surface area contributed by atoms with Gasteiger partial charge in [-0.3, -0.25) is 9.59 Å². The van der Waals surface area contributed by atoms with Gasteiger partial charge in [0.25, 0.3) is 11.8 Å². The van der Waals surface area contributed by atoms with Gasteiger partial charge < -0.3 is 15.4 Å². The van der Waals surface area contributed by atoms with Crippen molar-refractivity contribution in [2.24, 2.45) is 0 Å². The molecule has 5 heteroatoms. The molecule has 31 heavy (non-hydrogen) atoms. The van der Waals surface area contributed by atoms with Crippen LogP contribution in [0.25, 0.3) is 0 Å². The number of ether oxygens (including phenoxy) is 1. The highest BCUT2D eigenvalue weighted by atomic mass is 16.5. The average molecular weight is 423 g/mol. The van der Waals surface area contributed by atoms with E-state index in [-0.39, 0.29) is 17.9 Å². The zero-order valence-electron chi connectivity index (χ0n) is 18.5. The van der Waals surface area contributed by atoms with Crippen LogP contribution < -0.4 is 15.4 Å². The number of carbonyl (C=O) groups is 2. The molecule has 1 fully saturated rings. The fourth-order valence-electron chi connectivity index (χ4n) is 3.94. The van der Waals surface area contributed by atoms with Gasteiger partial charge in [-0.1, -0.05) is 63.6 Å². The first-order valence-electron chi connectivity index (χ1n) is 11.6. The molecule has 5 nitrogen and oxygen atoms in total. The van der Waals surface area contributed by atoms with Crippen molar-refractivity contribution in [1.29, 1.82) is 0 Å². The summed E-state index contributed by atoms with van der Waals surface area (Å²) in [5.74, 6) is 0.260. The van der Waals surface area contributed by atoms with Gasteiger partial charge in [0.15, 0.2) is 0 Å². The van der Waals surface area contributed by atoms with Crippen molar-refractivity contribution in [3.05, 3.63) is 59.7 Å². The molecule has 1 aliphatic carbocycles. The summed E-state index contributed by atoms with van der Waals surface area (Å²) < 4.78 is 5.86. The summed E-state index contributed by atoms with van der Waals surface area (Å²) in [5.41, 5.74) is 1.65. The first kappa shape index (κ1) is 22.9. The highest BCUT2D eigenvalue weighted by Crippen LogP contribution is 2.22. The molecule has 2 aromatic carbocycles. The number of hydrogen-bond acceptors (Lipinski definition) is 3. The first-order valence-corrected chi connectivity index (χ1v) is 11.6. The van der Waals surface area contributed by atoms with Crippen LogP contribution >= 0.6 is 0 Å². The number of para-hydroxylation sites is 1. The van der Waals surface area contributed by atoms with E-state index in [1.165, 1.54) is 32.1 Å². The monoisotopic (exact) mass is 422 g/mol. The van der Waals surface area contributed by atoms with Crippen LogP contribution in [0.15, 0.2) is 48.5 Å². The minimum Gasteiger partial charge on any atom is -0.493 e. The van der Waals surface area contributed by atoms with E-state index in [2.05, 4.69) is 17.6 Å². The van der Waals surface area contributed by atoms with Gasteiger partial charge >= 0.3 is 0 Å². The summed E-state index contributed by atoms with van der Waals surface area (Å²) in [5, 5.41) is 6.03. The Morgan fingerprint density at radius 3 is 2.55 bits per heavy atom. The summed E-state index contributed by atoms with van der Waals surface area (Å²) in [7, 11) is 0. The van der Waals surface area contributed by atoms with Gasteiger partial charge in [-0.05, 0) is 49.6 Å². The predicted molar refractivity (Wildman–Crippen MR) is 125 cm³/mol. The Bertz CT molecular complexity index is 859. The number of unbranched alkanes of at least 4 members (excludes halogenated alkanes) is 3. The van der Waals surface area contributed by atoms with Gasteiger partial charge in [-0.2, -0.15) is 0 Å². The third kappa shape index (κ3) is 7.12. The van der Waals surface area contributed by atoms with Gasteiger partial charge in [-0.25, -0.2) is 0 Å². The van der Waals surface area contributed by atoms with Crippen LogP contribution in [0.3, 0.4) is 0 Å². The smallest absolute Gasteiger partial charge is 0.259 e. The zero-order valence-corrected chi connectivity index (χ0v) is 18.5. The Hall–Kier alpha value is -2.82. The molecule has 3 rings (SSSR count). The second kappa shape index (κ2) is 12.1. The number of carbonyl (C=O) groups excluding carboxylic acids is 2. The van der Waals surface area contributed by atoms with E-state index in [0.717, 1.165) is 25.7 Å². The zero-order chi connectivity index (χ0) is 21.9. The Kier molecular flexibility index (Phi) is 8.95. The van der Waals surface area contributed by atoms with Crippen molar-refractivity contribution in [2.75, 3.05) is 11.9 Å². The molecular weight excluding hydrogens is 388 g/mol. The van der Waals surface area contributed by atoms with E-state index in [0.29, 0.717) is 29.2 Å². The first-order chi connectivity index (χ1) is 15.2. The second-order valence-corrected chi connectivity index (χ2v) is 8.25. The molecular formula is C26H34N2O3. The highest BCUT2D eigenvalue weighted by molar-refractivity contribution is 6.06. The van der Waals surface area contributed by atoms with Gasteiger partial charge in [0.1, 0.15) is 5.75 Å². The molecule has 0 atom stereocenters. The molecule has 166 valence electrons. The average Bonchev–Trinajstić information content (AvgIpc) is 2.80. The number of rotatable bonds is 10. The summed E-state index contributed by atoms with van der Waals surface area (Å²) in [4.78, 5) is 25.5. The fourth-order valence-corrected chi connectivity index (χ4v) is 3.94. The van der Waals surface area contributed by atoms with E-state index in [1.807, 2.05) is 18.2 Å². The number of nitrogens with one attached hydrogen (secondary N) is 2. The Morgan fingerprint density at radius 1 is 0.935 bits per heavy atom. The van der Waals surface area contributed by atoms with Gasteiger partial charge in [0.05, 0.1) is 12.2 Å². The summed E-state index contributed by atoms with van der Waals surface area (Å²) in [6, 6.07) is 14.6. The predicted octanol–water partition coefficient (Wildman–Crippen LogP) is 5.96. The van der Waals surface area contributed by atoms with Crippen molar-refractivity contribution in [3.8, 4) is 5.75 Å². The lowest BCUT2D eigenvalue weighted by atomic mass is 9.95. The maximum atomic E-state index is 12.9. The number of benzene rings is 2. The van der Waals surface area contributed by atoms with Crippen LogP contribution in [0.1, 0.15) is 85.4 Å². The van der Waals surface area contributed by atoms with Crippen LogP contribution in [0.2, 0.25) is 0 Å². The Labute approximate surface area is 185 Å². The van der Waals surface area contributed by atoms with Crippen LogP contribution in [-0.4, -0.2) is 24.5 Å². The number of anilines is 1. The molecule has 2 aromatic rings. The third-order valence-electron chi connectivity index (χ3n) is 5.71. The van der Waals surface area contributed by atoms with Gasteiger partial charge in [-0.15, -0.1) is 0 Å².